The van der Waals surface area contributed by atoms with E-state index in [0.717, 1.165) is 15.2 Å². The number of hydrazone groups is 1. The van der Waals surface area contributed by atoms with Crippen LogP contribution in [0.4, 0.5) is 0 Å². The van der Waals surface area contributed by atoms with E-state index in [9.17, 15) is 9.59 Å². The standard InChI is InChI=1S/C22H20N2O2S2/c1-2-27-22-23-24-14-17(19(25)15-9-5-3-6-10-15)13-18(21(24)28-22)20(26)16-11-7-4-8-12-16/h3-12,17H,2,13-14H2,1H3. The third kappa shape index (κ3) is 3.80. The monoisotopic (exact) mass is 408 g/mol. The van der Waals surface area contributed by atoms with Crippen LogP contribution >= 0.6 is 23.5 Å². The van der Waals surface area contributed by atoms with E-state index in [-0.39, 0.29) is 17.5 Å². The van der Waals surface area contributed by atoms with Crippen LogP contribution in [0.3, 0.4) is 0 Å². The molecule has 0 aromatic heterocycles. The molecule has 2 aromatic carbocycles. The molecule has 6 heteroatoms. The normalized spacial score (nSPS) is 18.7. The number of allylic oxidation sites excluding steroid dienone is 1. The molecule has 1 unspecified atom stereocenters. The summed E-state index contributed by atoms with van der Waals surface area (Å²) in [4.78, 5) is 26.3. The molecular formula is C22H20N2O2S2. The number of nitrogens with zero attached hydrogens (tertiary/aromatic N) is 2. The van der Waals surface area contributed by atoms with Gasteiger partial charge in [0.15, 0.2) is 15.9 Å². The summed E-state index contributed by atoms with van der Waals surface area (Å²) >= 11 is 3.21. The zero-order valence-electron chi connectivity index (χ0n) is 15.5. The molecule has 142 valence electrons. The first-order valence-corrected chi connectivity index (χ1v) is 11.1. The lowest BCUT2D eigenvalue weighted by Crippen LogP contribution is -2.34. The number of carbonyl (C=O) groups excluding carboxylic acids is 2. The second kappa shape index (κ2) is 8.37. The molecule has 0 amide bonds. The van der Waals surface area contributed by atoms with Gasteiger partial charge in [0.2, 0.25) is 0 Å². The van der Waals surface area contributed by atoms with Crippen molar-refractivity contribution in [2.45, 2.75) is 13.3 Å². The molecule has 0 fully saturated rings. The van der Waals surface area contributed by atoms with Crippen LogP contribution in [0.2, 0.25) is 0 Å². The first-order valence-electron chi connectivity index (χ1n) is 9.26. The number of fused-ring (bicyclic) bond motifs is 1. The predicted octanol–water partition coefficient (Wildman–Crippen LogP) is 5.06. The summed E-state index contributed by atoms with van der Waals surface area (Å²) in [5, 5.41) is 7.40. The lowest BCUT2D eigenvalue weighted by Gasteiger charge is -2.30. The van der Waals surface area contributed by atoms with Crippen molar-refractivity contribution in [1.29, 1.82) is 0 Å². The first kappa shape index (κ1) is 19.0. The van der Waals surface area contributed by atoms with Gasteiger partial charge in [-0.2, -0.15) is 5.10 Å². The van der Waals surface area contributed by atoms with E-state index >= 15 is 0 Å². The Kier molecular flexibility index (Phi) is 5.69. The summed E-state index contributed by atoms with van der Waals surface area (Å²) in [6.07, 6.45) is 0.444. The second-order valence-corrected chi connectivity index (χ2v) is 9.08. The maximum Gasteiger partial charge on any atom is 0.191 e. The molecule has 4 rings (SSSR count). The van der Waals surface area contributed by atoms with Gasteiger partial charge in [-0.25, -0.2) is 0 Å². The Labute approximate surface area is 173 Å². The second-order valence-electron chi connectivity index (χ2n) is 6.59. The number of hydrogen-bond donors (Lipinski definition) is 0. The van der Waals surface area contributed by atoms with E-state index in [0.29, 0.717) is 29.7 Å². The molecule has 2 aliphatic rings. The zero-order chi connectivity index (χ0) is 19.5. The molecule has 4 nitrogen and oxygen atoms in total. The Morgan fingerprint density at radius 2 is 1.71 bits per heavy atom. The van der Waals surface area contributed by atoms with Gasteiger partial charge < -0.3 is 0 Å². The fourth-order valence-electron chi connectivity index (χ4n) is 3.40. The Balaban J connectivity index is 1.68. The highest BCUT2D eigenvalue weighted by atomic mass is 32.2. The van der Waals surface area contributed by atoms with Gasteiger partial charge in [-0.3, -0.25) is 14.6 Å². The molecule has 2 aromatic rings. The largest absolute Gasteiger partial charge is 0.294 e. The summed E-state index contributed by atoms with van der Waals surface area (Å²) in [6.45, 7) is 2.59. The summed E-state index contributed by atoms with van der Waals surface area (Å²) in [6, 6.07) is 18.6. The zero-order valence-corrected chi connectivity index (χ0v) is 17.1. The molecule has 0 radical (unpaired) electrons. The molecule has 0 saturated carbocycles. The maximum atomic E-state index is 13.2. The van der Waals surface area contributed by atoms with Crippen molar-refractivity contribution in [3.05, 3.63) is 82.4 Å². The molecule has 2 heterocycles. The third-order valence-corrected chi connectivity index (χ3v) is 6.86. The van der Waals surface area contributed by atoms with Gasteiger partial charge >= 0.3 is 0 Å². The fourth-order valence-corrected chi connectivity index (χ4v) is 5.45. The van der Waals surface area contributed by atoms with Crippen molar-refractivity contribution in [2.24, 2.45) is 11.0 Å². The molecular weight excluding hydrogens is 388 g/mol. The average molecular weight is 409 g/mol. The summed E-state index contributed by atoms with van der Waals surface area (Å²) in [5.74, 6) is 0.678. The van der Waals surface area contributed by atoms with Crippen LogP contribution in [0.25, 0.3) is 0 Å². The van der Waals surface area contributed by atoms with Gasteiger partial charge in [0.05, 0.1) is 6.54 Å². The number of benzene rings is 2. The van der Waals surface area contributed by atoms with Crippen LogP contribution in [0.15, 0.2) is 76.4 Å². The van der Waals surface area contributed by atoms with E-state index in [1.165, 1.54) is 0 Å². The fraction of sp³-hybridized carbons (Fsp3) is 0.227. The van der Waals surface area contributed by atoms with Gasteiger partial charge in [0.1, 0.15) is 5.03 Å². The van der Waals surface area contributed by atoms with E-state index in [4.69, 9.17) is 0 Å². The van der Waals surface area contributed by atoms with E-state index in [1.807, 2.05) is 65.7 Å². The van der Waals surface area contributed by atoms with Crippen molar-refractivity contribution in [2.75, 3.05) is 12.3 Å². The predicted molar refractivity (Wildman–Crippen MR) is 117 cm³/mol. The molecule has 1 atom stereocenters. The van der Waals surface area contributed by atoms with Gasteiger partial charge in [-0.15, -0.1) is 0 Å². The Morgan fingerprint density at radius 1 is 1.07 bits per heavy atom. The molecule has 0 aliphatic carbocycles. The summed E-state index contributed by atoms with van der Waals surface area (Å²) in [7, 11) is 0. The van der Waals surface area contributed by atoms with Crippen LogP contribution in [-0.2, 0) is 0 Å². The van der Waals surface area contributed by atoms with E-state index < -0.39 is 0 Å². The SMILES string of the molecule is CCSC1=NN2CC(C(=O)c3ccccc3)CC(C(=O)c3ccccc3)=C2S1. The molecule has 0 saturated heterocycles. The van der Waals surface area contributed by atoms with Crippen molar-refractivity contribution in [1.82, 2.24) is 5.01 Å². The van der Waals surface area contributed by atoms with Crippen molar-refractivity contribution < 1.29 is 9.59 Å². The van der Waals surface area contributed by atoms with E-state index in [2.05, 4.69) is 12.0 Å². The number of rotatable bonds is 5. The highest BCUT2D eigenvalue weighted by Gasteiger charge is 2.38. The van der Waals surface area contributed by atoms with Gasteiger partial charge in [-0.1, -0.05) is 79.3 Å². The minimum Gasteiger partial charge on any atom is -0.294 e. The molecule has 28 heavy (non-hydrogen) atoms. The summed E-state index contributed by atoms with van der Waals surface area (Å²) in [5.41, 5.74) is 2.02. The summed E-state index contributed by atoms with van der Waals surface area (Å²) < 4.78 is 0.934. The first-order chi connectivity index (χ1) is 13.7. The lowest BCUT2D eigenvalue weighted by molar-refractivity contribution is 0.0877. The molecule has 2 aliphatic heterocycles. The van der Waals surface area contributed by atoms with Gasteiger partial charge in [0.25, 0.3) is 0 Å². The Morgan fingerprint density at radius 3 is 2.36 bits per heavy atom. The van der Waals surface area contributed by atoms with E-state index in [1.54, 1.807) is 23.5 Å². The van der Waals surface area contributed by atoms with Gasteiger partial charge in [-0.05, 0) is 23.9 Å². The topological polar surface area (TPSA) is 49.7 Å². The smallest absolute Gasteiger partial charge is 0.191 e. The van der Waals surface area contributed by atoms with Crippen molar-refractivity contribution >= 4 is 39.5 Å². The van der Waals surface area contributed by atoms with Crippen LogP contribution in [0.5, 0.6) is 0 Å². The minimum absolute atomic E-state index is 0.0170. The molecule has 0 spiro atoms. The number of Topliss-reactive ketones (excluding diaryl/α,β-unsaturated/α-hetero) is 2. The Bertz CT molecular complexity index is 955. The molecule has 0 N–H and O–H groups in total. The highest BCUT2D eigenvalue weighted by Crippen LogP contribution is 2.43. The van der Waals surface area contributed by atoms with Crippen LogP contribution in [0, 0.1) is 5.92 Å². The Hall–Kier alpha value is -2.31. The lowest BCUT2D eigenvalue weighted by atomic mass is 9.86. The highest BCUT2D eigenvalue weighted by molar-refractivity contribution is 8.40. The van der Waals surface area contributed by atoms with Crippen molar-refractivity contribution in [3.8, 4) is 0 Å². The third-order valence-electron chi connectivity index (χ3n) is 4.73. The number of ketones is 2. The number of carbonyl (C=O) groups is 2. The van der Waals surface area contributed by atoms with Crippen LogP contribution in [-0.4, -0.2) is 33.2 Å². The average Bonchev–Trinajstić information content (AvgIpc) is 3.16. The number of hydrogen-bond acceptors (Lipinski definition) is 6. The van der Waals surface area contributed by atoms with Crippen molar-refractivity contribution in [3.63, 3.8) is 0 Å². The molecule has 0 bridgehead atoms. The minimum atomic E-state index is -0.288. The maximum absolute atomic E-state index is 13.2. The van der Waals surface area contributed by atoms with Crippen LogP contribution < -0.4 is 0 Å². The van der Waals surface area contributed by atoms with Gasteiger partial charge in [0, 0.05) is 22.6 Å². The number of thioether (sulfide) groups is 2. The van der Waals surface area contributed by atoms with Crippen LogP contribution in [0.1, 0.15) is 34.1 Å². The quantitative estimate of drug-likeness (QED) is 0.648.